The number of primary amides is 1. The first-order chi connectivity index (χ1) is 47.9. The fourth-order valence-corrected chi connectivity index (χ4v) is 8.86. The number of carboxylic acid groups (broad SMARTS) is 1. The summed E-state index contributed by atoms with van der Waals surface area (Å²) in [6.45, 7) is 14.3. The van der Waals surface area contributed by atoms with E-state index in [4.69, 9.17) is 35.2 Å². The number of primary sulfonamides is 1. The van der Waals surface area contributed by atoms with Crippen LogP contribution in [-0.2, 0) is 38.9 Å². The van der Waals surface area contributed by atoms with Gasteiger partial charge in [-0.05, 0) is 124 Å². The van der Waals surface area contributed by atoms with Gasteiger partial charge >= 0.3 is 35.8 Å². The molecule has 0 saturated heterocycles. The Kier molecular flexibility index (Phi) is 39.2. The van der Waals surface area contributed by atoms with Gasteiger partial charge in [0.15, 0.2) is 15.5 Å². The van der Waals surface area contributed by atoms with E-state index < -0.39 is 76.3 Å². The monoisotopic (exact) mass is 1530 g/mol. The SMILES string of the molecule is CC(C)(C)C(=O)NC(=O)c1ccccn1.CCC(CC)NC(=O)c1ccccn1.CP(=O)(O)c1ccccn1.Cc1nc(C(=O)O)sc1C.NC(=O)c1ccccn1.NS(=O)(=O)c1ccccn1.O=C(NC(=O)C(F)(F)F)c1ccccn1.O=P(O)(O)c1ccccn1.O=S(=O)(O)c1ccccn1. The van der Waals surface area contributed by atoms with Crippen LogP contribution in [0.3, 0.4) is 0 Å². The number of nitrogens with two attached hydrogens (primary N) is 2. The van der Waals surface area contributed by atoms with Crippen molar-refractivity contribution >= 4 is 98.7 Å². The number of nitrogens with zero attached hydrogens (tertiary/aromatic N) is 9. The molecule has 9 rings (SSSR count). The Hall–Kier alpha value is -10.5. The van der Waals surface area contributed by atoms with Gasteiger partial charge in [-0.15, -0.1) is 11.3 Å². The van der Waals surface area contributed by atoms with Gasteiger partial charge in [0.2, 0.25) is 18.3 Å². The molecular formula is C63H73F3N14O18P2S3. The highest BCUT2D eigenvalue weighted by Gasteiger charge is 2.40. The molecule has 103 heavy (non-hydrogen) atoms. The zero-order valence-electron chi connectivity index (χ0n) is 55.9. The van der Waals surface area contributed by atoms with Gasteiger partial charge in [0.05, 0.1) is 5.69 Å². The van der Waals surface area contributed by atoms with Crippen molar-refractivity contribution in [1.82, 2.24) is 60.8 Å². The minimum absolute atomic E-state index is 0.0840. The van der Waals surface area contributed by atoms with Crippen LogP contribution >= 0.6 is 26.3 Å². The van der Waals surface area contributed by atoms with E-state index in [1.807, 2.05) is 13.0 Å². The van der Waals surface area contributed by atoms with Crippen LogP contribution in [0.1, 0.15) is 110 Å². The molecule has 0 radical (unpaired) electrons. The normalized spacial score (nSPS) is 11.2. The molecule has 1 unspecified atom stereocenters. The number of pyridine rings is 8. The summed E-state index contributed by atoms with van der Waals surface area (Å²) in [5, 5.41) is 19.4. The third kappa shape index (κ3) is 38.7. The fourth-order valence-electron chi connectivity index (χ4n) is 6.05. The number of rotatable bonds is 12. The van der Waals surface area contributed by atoms with Gasteiger partial charge in [0, 0.05) is 72.6 Å². The minimum Gasteiger partial charge on any atom is -0.476 e. The first-order valence-electron chi connectivity index (χ1n) is 29.1. The summed E-state index contributed by atoms with van der Waals surface area (Å²) in [4.78, 5) is 137. The predicted molar refractivity (Wildman–Crippen MR) is 372 cm³/mol. The molecule has 0 aromatic carbocycles. The molecule has 0 aliphatic heterocycles. The Balaban J connectivity index is 0.000000583. The number of imide groups is 2. The van der Waals surface area contributed by atoms with Crippen LogP contribution in [0.4, 0.5) is 13.2 Å². The second kappa shape index (κ2) is 44.7. The molecule has 32 nitrogen and oxygen atoms in total. The third-order valence-electron chi connectivity index (χ3n) is 11.4. The average Bonchev–Trinajstić information content (AvgIpc) is 1.19. The summed E-state index contributed by atoms with van der Waals surface area (Å²) in [6.07, 6.45) is 8.24. The van der Waals surface area contributed by atoms with Crippen molar-refractivity contribution in [2.45, 2.75) is 83.6 Å². The second-order valence-electron chi connectivity index (χ2n) is 20.6. The van der Waals surface area contributed by atoms with Gasteiger partial charge in [0.1, 0.15) is 28.2 Å². The zero-order chi connectivity index (χ0) is 78.2. The first kappa shape index (κ1) is 90.5. The molecule has 6 amide bonds. The minimum atomic E-state index is -5.08. The summed E-state index contributed by atoms with van der Waals surface area (Å²) in [7, 11) is -15.0. The maximum Gasteiger partial charge on any atom is 0.471 e. The Morgan fingerprint density at radius 3 is 1.10 bits per heavy atom. The number of halogens is 3. The molecule has 552 valence electrons. The Morgan fingerprint density at radius 2 is 0.883 bits per heavy atom. The fraction of sp³-hybridized carbons (Fsp3) is 0.206. The van der Waals surface area contributed by atoms with Crippen LogP contribution in [0.25, 0.3) is 0 Å². The lowest BCUT2D eigenvalue weighted by atomic mass is 9.96. The summed E-state index contributed by atoms with van der Waals surface area (Å²) >= 11 is 1.21. The molecule has 0 fully saturated rings. The maximum absolute atomic E-state index is 11.7. The summed E-state index contributed by atoms with van der Waals surface area (Å²) in [5.41, 5.74) is 5.99. The van der Waals surface area contributed by atoms with Gasteiger partial charge < -0.3 is 30.8 Å². The summed E-state index contributed by atoms with van der Waals surface area (Å²) in [5.74, 6) is -5.78. The summed E-state index contributed by atoms with van der Waals surface area (Å²) in [6, 6.07) is 37.8. The molecule has 0 bridgehead atoms. The van der Waals surface area contributed by atoms with Crippen molar-refractivity contribution in [2.75, 3.05) is 6.66 Å². The lowest BCUT2D eigenvalue weighted by Crippen LogP contribution is -2.40. The number of hydrogen-bond acceptors (Lipinski definition) is 23. The van der Waals surface area contributed by atoms with Crippen molar-refractivity contribution in [1.29, 1.82) is 0 Å². The van der Waals surface area contributed by atoms with Crippen LogP contribution in [0.2, 0.25) is 0 Å². The second-order valence-corrected chi connectivity index (χ2v) is 28.5. The molecule has 9 aromatic rings. The topological polar surface area (TPSA) is 527 Å². The van der Waals surface area contributed by atoms with Gasteiger partial charge in [-0.2, -0.15) is 21.6 Å². The van der Waals surface area contributed by atoms with Crippen LogP contribution in [0.5, 0.6) is 0 Å². The van der Waals surface area contributed by atoms with Gasteiger partial charge in [-0.25, -0.2) is 38.3 Å². The summed E-state index contributed by atoms with van der Waals surface area (Å²) < 4.78 is 107. The number of carboxylic acids is 1. The molecule has 0 aliphatic carbocycles. The number of thiazole rings is 1. The predicted octanol–water partition coefficient (Wildman–Crippen LogP) is 6.47. The van der Waals surface area contributed by atoms with E-state index in [2.05, 4.69) is 69.3 Å². The number of carbonyl (C=O) groups excluding carboxylic acids is 6. The number of amides is 6. The van der Waals surface area contributed by atoms with E-state index in [1.165, 1.54) is 115 Å². The largest absolute Gasteiger partial charge is 0.476 e. The molecule has 0 spiro atoms. The van der Waals surface area contributed by atoms with Crippen LogP contribution in [-0.4, -0.2) is 146 Å². The van der Waals surface area contributed by atoms with Crippen LogP contribution in [0, 0.1) is 19.3 Å². The van der Waals surface area contributed by atoms with Crippen molar-refractivity contribution in [3.8, 4) is 0 Å². The quantitative estimate of drug-likeness (QED) is 0.0462. The van der Waals surface area contributed by atoms with Gasteiger partial charge in [-0.1, -0.05) is 83.1 Å². The molecule has 1 atom stereocenters. The average molecular weight is 1530 g/mol. The number of aryl methyl sites for hydroxylation is 2. The molecule has 0 saturated carbocycles. The molecule has 40 heteroatoms. The van der Waals surface area contributed by atoms with Gasteiger partial charge in [-0.3, -0.25) is 78.0 Å². The van der Waals surface area contributed by atoms with Crippen molar-refractivity contribution in [2.24, 2.45) is 16.3 Å². The lowest BCUT2D eigenvalue weighted by Gasteiger charge is -2.16. The van der Waals surface area contributed by atoms with E-state index >= 15 is 0 Å². The standard InChI is InChI=1S/C11H14N2O2.C11H16N2O.C8H5F3N2O2.C6H6N2O.C6H8NO2P.C6H7NO2S.C5H6N2O2S.C5H6NO3P.C5H5NO3S/c1-11(2,3)10(15)13-9(14)8-6-4-5-7-12-8;1-3-9(4-2)13-11(14)10-7-5-6-8-12-10;9-8(10,11)7(15)13-6(14)5-3-1-2-4-12-5;7-6(9)5-3-1-2-4-8-5;1-10(8,9)6-4-2-3-5-7-6;1-3-4(2)10-5(7-3)6(8)9;6-10(8,9)5-3-1-2-4-7-5;2*7-10(8,9)5-3-1-2-4-6-5/h4-7H,1-3H3,(H,13,14,15);5-9H,3-4H2,1-2H3,(H,13,14);1-4H,(H,13,14,15);1-4H,(H2,7,9);2-5H,1H3,(H,8,9);1-2H3,(H,8,9);1-4H,(H2,6,8,9);1-4H,(H2,7,8,9);1-4H,(H,7,8,9). The number of alkyl halides is 3. The van der Waals surface area contributed by atoms with Crippen LogP contribution in [0.15, 0.2) is 205 Å². The van der Waals surface area contributed by atoms with Crippen molar-refractivity contribution in [3.05, 3.63) is 234 Å². The Bertz CT molecular complexity index is 4210. The molecular weight excluding hydrogens is 1460 g/mol. The number of aromatic nitrogens is 9. The molecule has 9 heterocycles. The number of carbonyl (C=O) groups is 7. The van der Waals surface area contributed by atoms with Crippen molar-refractivity contribution in [3.63, 3.8) is 0 Å². The van der Waals surface area contributed by atoms with Gasteiger partial charge in [0.25, 0.3) is 33.7 Å². The number of nitrogens with one attached hydrogen (secondary N) is 3. The molecule has 0 aliphatic rings. The van der Waals surface area contributed by atoms with E-state index in [9.17, 15) is 72.7 Å². The number of aromatic carboxylic acids is 1. The van der Waals surface area contributed by atoms with E-state index in [-0.39, 0.29) is 55.2 Å². The third-order valence-corrected chi connectivity index (χ3v) is 16.0. The number of hydrogen-bond donors (Lipinski definition) is 10. The van der Waals surface area contributed by atoms with E-state index in [1.54, 1.807) is 125 Å². The highest BCUT2D eigenvalue weighted by Crippen LogP contribution is 2.32. The maximum atomic E-state index is 11.7. The number of sulfonamides is 1. The zero-order valence-corrected chi connectivity index (χ0v) is 60.2. The van der Waals surface area contributed by atoms with Crippen molar-refractivity contribution < 1.29 is 97.0 Å². The van der Waals surface area contributed by atoms with E-state index in [0.29, 0.717) is 11.4 Å². The molecule has 12 N–H and O–H groups in total. The highest BCUT2D eigenvalue weighted by molar-refractivity contribution is 7.89. The van der Waals surface area contributed by atoms with E-state index in [0.717, 1.165) is 23.4 Å². The van der Waals surface area contributed by atoms with Crippen LogP contribution < -0.4 is 37.7 Å². The highest BCUT2D eigenvalue weighted by atomic mass is 32.2. The lowest BCUT2D eigenvalue weighted by molar-refractivity contribution is -0.172. The Labute approximate surface area is 593 Å². The first-order valence-corrected chi connectivity index (χ1v) is 36.7. The molecule has 9 aromatic heterocycles. The smallest absolute Gasteiger partial charge is 0.471 e. The Morgan fingerprint density at radius 1 is 0.534 bits per heavy atom.